The van der Waals surface area contributed by atoms with Crippen molar-refractivity contribution in [2.45, 2.75) is 0 Å². The van der Waals surface area contributed by atoms with E-state index in [0.717, 1.165) is 0 Å². The molecule has 0 spiro atoms. The van der Waals surface area contributed by atoms with E-state index in [9.17, 15) is 9.59 Å². The van der Waals surface area contributed by atoms with Gasteiger partial charge in [-0.05, 0) is 18.2 Å². The summed E-state index contributed by atoms with van der Waals surface area (Å²) in [5.41, 5.74) is 6.98. The molecule has 1 aromatic carbocycles. The minimum atomic E-state index is -0.382. The van der Waals surface area contributed by atoms with Gasteiger partial charge in [-0.2, -0.15) is 4.98 Å². The van der Waals surface area contributed by atoms with Gasteiger partial charge >= 0.3 is 0 Å². The molecule has 0 unspecified atom stereocenters. The van der Waals surface area contributed by atoms with Crippen molar-refractivity contribution in [2.75, 3.05) is 37.4 Å². The second kappa shape index (κ2) is 6.23. The maximum Gasteiger partial charge on any atom is 0.297 e. The molecule has 0 aliphatic rings. The van der Waals surface area contributed by atoms with Gasteiger partial charge in [-0.3, -0.25) is 9.59 Å². The van der Waals surface area contributed by atoms with E-state index in [1.807, 2.05) is 14.1 Å². The molecule has 0 saturated carbocycles. The van der Waals surface area contributed by atoms with Gasteiger partial charge in [0.15, 0.2) is 5.58 Å². The molecule has 4 N–H and O–H groups in total. The van der Waals surface area contributed by atoms with Crippen LogP contribution in [0.2, 0.25) is 0 Å². The molecule has 0 saturated heterocycles. The maximum atomic E-state index is 11.7. The van der Waals surface area contributed by atoms with Crippen LogP contribution in [0.15, 0.2) is 22.6 Å². The van der Waals surface area contributed by atoms with E-state index < -0.39 is 0 Å². The molecule has 0 aliphatic heterocycles. The van der Waals surface area contributed by atoms with Crippen LogP contribution in [-0.2, 0) is 9.59 Å². The molecular weight excluding hydrogens is 274 g/mol. The Labute approximate surface area is 121 Å². The first kappa shape index (κ1) is 14.8. The number of hydrogen-bond acceptors (Lipinski definition) is 6. The Bertz CT molecular complexity index is 665. The number of oxazole rings is 1. The van der Waals surface area contributed by atoms with Crippen LogP contribution in [0.5, 0.6) is 0 Å². The number of rotatable bonds is 5. The summed E-state index contributed by atoms with van der Waals surface area (Å²) in [6.07, 6.45) is 0. The van der Waals surface area contributed by atoms with E-state index >= 15 is 0 Å². The van der Waals surface area contributed by atoms with Crippen LogP contribution in [0.4, 0.5) is 11.7 Å². The molecule has 112 valence electrons. The number of amides is 2. The second-order valence-corrected chi connectivity index (χ2v) is 4.60. The van der Waals surface area contributed by atoms with E-state index in [4.69, 9.17) is 10.2 Å². The van der Waals surface area contributed by atoms with Gasteiger partial charge in [0.1, 0.15) is 5.52 Å². The van der Waals surface area contributed by atoms with Crippen molar-refractivity contribution in [3.8, 4) is 0 Å². The molecule has 8 nitrogen and oxygen atoms in total. The molecule has 0 aliphatic carbocycles. The van der Waals surface area contributed by atoms with Gasteiger partial charge in [0.2, 0.25) is 11.8 Å². The number of nitrogens with zero attached hydrogens (tertiary/aromatic N) is 2. The van der Waals surface area contributed by atoms with E-state index in [2.05, 4.69) is 15.6 Å². The van der Waals surface area contributed by atoms with Crippen molar-refractivity contribution in [1.82, 2.24) is 10.3 Å². The minimum Gasteiger partial charge on any atom is -0.423 e. The zero-order valence-electron chi connectivity index (χ0n) is 11.8. The average molecular weight is 291 g/mol. The van der Waals surface area contributed by atoms with E-state index in [1.54, 1.807) is 23.1 Å². The smallest absolute Gasteiger partial charge is 0.297 e. The first-order chi connectivity index (χ1) is 9.99. The van der Waals surface area contributed by atoms with Crippen LogP contribution in [-0.4, -0.2) is 44.0 Å². The predicted octanol–water partition coefficient (Wildman–Crippen LogP) is -0.0928. The summed E-state index contributed by atoms with van der Waals surface area (Å²) in [6, 6.07) is 5.62. The number of hydrogen-bond donors (Lipinski definition) is 3. The number of carbonyl (C=O) groups excluding carboxylic acids is 2. The van der Waals surface area contributed by atoms with Gasteiger partial charge in [-0.15, -0.1) is 0 Å². The Hall–Kier alpha value is -2.61. The van der Waals surface area contributed by atoms with Crippen molar-refractivity contribution in [3.05, 3.63) is 18.2 Å². The SMILES string of the molecule is CN(C)c1nc2cc(NC(=O)CNC(=O)CN)ccc2o1. The zero-order chi connectivity index (χ0) is 15.4. The quantitative estimate of drug-likeness (QED) is 0.709. The summed E-state index contributed by atoms with van der Waals surface area (Å²) >= 11 is 0. The molecule has 21 heavy (non-hydrogen) atoms. The Balaban J connectivity index is 2.05. The lowest BCUT2D eigenvalue weighted by atomic mass is 10.3. The monoisotopic (exact) mass is 291 g/mol. The average Bonchev–Trinajstić information content (AvgIpc) is 2.88. The van der Waals surface area contributed by atoms with Gasteiger partial charge in [0.05, 0.1) is 13.1 Å². The number of fused-ring (bicyclic) bond motifs is 1. The second-order valence-electron chi connectivity index (χ2n) is 4.60. The van der Waals surface area contributed by atoms with Gasteiger partial charge in [0.25, 0.3) is 6.01 Å². The zero-order valence-corrected chi connectivity index (χ0v) is 11.8. The minimum absolute atomic E-state index is 0.129. The number of nitrogens with one attached hydrogen (secondary N) is 2. The fraction of sp³-hybridized carbons (Fsp3) is 0.308. The lowest BCUT2D eigenvalue weighted by molar-refractivity contribution is -0.123. The predicted molar refractivity (Wildman–Crippen MR) is 79.0 cm³/mol. The van der Waals surface area contributed by atoms with Crippen LogP contribution >= 0.6 is 0 Å². The van der Waals surface area contributed by atoms with Crippen molar-refractivity contribution >= 4 is 34.6 Å². The molecule has 2 rings (SSSR count). The van der Waals surface area contributed by atoms with Crippen LogP contribution in [0.3, 0.4) is 0 Å². The Morgan fingerprint density at radius 3 is 2.76 bits per heavy atom. The van der Waals surface area contributed by atoms with Crippen LogP contribution in [0, 0.1) is 0 Å². The van der Waals surface area contributed by atoms with Gasteiger partial charge in [-0.25, -0.2) is 0 Å². The van der Waals surface area contributed by atoms with Gasteiger partial charge < -0.3 is 25.7 Å². The topological polar surface area (TPSA) is 113 Å². The molecule has 1 heterocycles. The van der Waals surface area contributed by atoms with E-state index in [0.29, 0.717) is 22.8 Å². The van der Waals surface area contributed by atoms with Crippen LogP contribution in [0.25, 0.3) is 11.1 Å². The van der Waals surface area contributed by atoms with Crippen molar-refractivity contribution in [1.29, 1.82) is 0 Å². The highest BCUT2D eigenvalue weighted by molar-refractivity contribution is 5.96. The highest BCUT2D eigenvalue weighted by Gasteiger charge is 2.09. The standard InChI is InChI=1S/C13H17N5O3/c1-18(2)13-17-9-5-8(3-4-10(9)21-13)16-12(20)7-15-11(19)6-14/h3-5H,6-7,14H2,1-2H3,(H,15,19)(H,16,20). The Morgan fingerprint density at radius 2 is 2.10 bits per heavy atom. The Morgan fingerprint density at radius 1 is 1.33 bits per heavy atom. The highest BCUT2D eigenvalue weighted by atomic mass is 16.4. The van der Waals surface area contributed by atoms with Crippen molar-refractivity contribution in [3.63, 3.8) is 0 Å². The van der Waals surface area contributed by atoms with Gasteiger partial charge in [-0.1, -0.05) is 0 Å². The molecule has 2 amide bonds. The number of aromatic nitrogens is 1. The molecule has 0 atom stereocenters. The first-order valence-corrected chi connectivity index (χ1v) is 6.34. The first-order valence-electron chi connectivity index (χ1n) is 6.34. The van der Waals surface area contributed by atoms with Crippen molar-refractivity contribution in [2.24, 2.45) is 5.73 Å². The number of anilines is 2. The number of nitrogens with two attached hydrogens (primary N) is 1. The molecule has 0 bridgehead atoms. The lowest BCUT2D eigenvalue weighted by Crippen LogP contribution is -2.36. The molecule has 2 aromatic rings. The summed E-state index contributed by atoms with van der Waals surface area (Å²) in [4.78, 5) is 28.7. The summed E-state index contributed by atoms with van der Waals surface area (Å²) in [7, 11) is 3.65. The fourth-order valence-electron chi connectivity index (χ4n) is 1.64. The van der Waals surface area contributed by atoms with E-state index in [1.165, 1.54) is 0 Å². The molecule has 0 radical (unpaired) electrons. The molecule has 8 heteroatoms. The number of carbonyl (C=O) groups is 2. The van der Waals surface area contributed by atoms with Crippen molar-refractivity contribution < 1.29 is 14.0 Å². The van der Waals surface area contributed by atoms with Crippen LogP contribution in [0.1, 0.15) is 0 Å². The Kier molecular flexibility index (Phi) is 4.39. The molecule has 1 aromatic heterocycles. The largest absolute Gasteiger partial charge is 0.423 e. The van der Waals surface area contributed by atoms with Crippen LogP contribution < -0.4 is 21.3 Å². The number of benzene rings is 1. The normalized spacial score (nSPS) is 10.4. The third-order valence-electron chi connectivity index (χ3n) is 2.67. The third-order valence-corrected chi connectivity index (χ3v) is 2.67. The molecule has 0 fully saturated rings. The lowest BCUT2D eigenvalue weighted by Gasteiger charge is -2.05. The molecular formula is C13H17N5O3. The summed E-state index contributed by atoms with van der Waals surface area (Å²) in [5, 5.41) is 5.05. The third kappa shape index (κ3) is 3.69. The van der Waals surface area contributed by atoms with E-state index in [-0.39, 0.29) is 24.9 Å². The fourth-order valence-corrected chi connectivity index (χ4v) is 1.64. The van der Waals surface area contributed by atoms with Gasteiger partial charge in [0, 0.05) is 19.8 Å². The maximum absolute atomic E-state index is 11.7. The summed E-state index contributed by atoms with van der Waals surface area (Å²) < 4.78 is 5.51. The highest BCUT2D eigenvalue weighted by Crippen LogP contribution is 2.23. The summed E-state index contributed by atoms with van der Waals surface area (Å²) in [5.74, 6) is -0.722. The summed E-state index contributed by atoms with van der Waals surface area (Å²) in [6.45, 7) is -0.276.